The molecule has 0 radical (unpaired) electrons. The molecule has 0 bridgehead atoms. The number of urea groups is 1. The van der Waals surface area contributed by atoms with Crippen molar-refractivity contribution in [3.8, 4) is 0 Å². The molecule has 1 atom stereocenters. The van der Waals surface area contributed by atoms with Crippen LogP contribution in [-0.2, 0) is 21.1 Å². The summed E-state index contributed by atoms with van der Waals surface area (Å²) in [6.45, 7) is 3.48. The average molecular weight is 328 g/mol. The summed E-state index contributed by atoms with van der Waals surface area (Å²) in [5.41, 5.74) is -0.732. The Morgan fingerprint density at radius 3 is 2.86 bits per heavy atom. The lowest BCUT2D eigenvalue weighted by atomic mass is 9.96. The number of rotatable bonds is 3. The Bertz CT molecular complexity index is 637. The summed E-state index contributed by atoms with van der Waals surface area (Å²) >= 11 is 0. The Morgan fingerprint density at radius 1 is 1.50 bits per heavy atom. The molecule has 0 aliphatic carbocycles. The molecule has 8 nitrogen and oxygen atoms in total. The maximum atomic E-state index is 12.5. The van der Waals surface area contributed by atoms with E-state index in [1.54, 1.807) is 28.0 Å². The predicted molar refractivity (Wildman–Crippen MR) is 79.1 cm³/mol. The number of likely N-dealkylation sites (tertiary alicyclic amines) is 1. The van der Waals surface area contributed by atoms with Crippen molar-refractivity contribution in [1.82, 2.24) is 20.0 Å². The van der Waals surface area contributed by atoms with Gasteiger partial charge in [0.15, 0.2) is 9.84 Å². The zero-order valence-corrected chi connectivity index (χ0v) is 13.3. The van der Waals surface area contributed by atoms with Crippen molar-refractivity contribution in [3.05, 3.63) is 18.5 Å². The minimum Gasteiger partial charge on any atom is -0.369 e. The van der Waals surface area contributed by atoms with Gasteiger partial charge in [-0.3, -0.25) is 4.68 Å². The van der Waals surface area contributed by atoms with Crippen molar-refractivity contribution in [2.24, 2.45) is 0 Å². The molecule has 9 heteroatoms. The third-order valence-corrected chi connectivity index (χ3v) is 6.30. The fourth-order valence-electron chi connectivity index (χ4n) is 2.92. The second kappa shape index (κ2) is 5.54. The molecule has 2 saturated heterocycles. The van der Waals surface area contributed by atoms with Gasteiger partial charge in [0.1, 0.15) is 10.9 Å². The SMILES string of the molecule is CCNC(=O)N1CC2(C1)CS(=O)(=O)[C@@H](Cn1cccn1)CO2. The van der Waals surface area contributed by atoms with Crippen molar-refractivity contribution < 1.29 is 17.9 Å². The maximum Gasteiger partial charge on any atom is 0.317 e. The van der Waals surface area contributed by atoms with Crippen LogP contribution in [-0.4, -0.2) is 72.0 Å². The van der Waals surface area contributed by atoms with Gasteiger partial charge in [0.05, 0.1) is 32.0 Å². The summed E-state index contributed by atoms with van der Waals surface area (Å²) in [6.07, 6.45) is 3.36. The van der Waals surface area contributed by atoms with Crippen LogP contribution < -0.4 is 5.32 Å². The maximum absolute atomic E-state index is 12.5. The van der Waals surface area contributed by atoms with Crippen molar-refractivity contribution in [1.29, 1.82) is 0 Å². The quantitative estimate of drug-likeness (QED) is 0.806. The van der Waals surface area contributed by atoms with E-state index in [9.17, 15) is 13.2 Å². The van der Waals surface area contributed by atoms with Crippen molar-refractivity contribution in [3.63, 3.8) is 0 Å². The molecule has 3 heterocycles. The standard InChI is InChI=1S/C13H20N4O4S/c1-2-14-12(18)16-8-13(9-16)10-22(19,20)11(7-21-13)6-17-5-3-4-15-17/h3-5,11H,2,6-10H2,1H3,(H,14,18)/t11-/m0/s1. The highest BCUT2D eigenvalue weighted by molar-refractivity contribution is 7.92. The summed E-state index contributed by atoms with van der Waals surface area (Å²) in [5, 5.41) is 6.15. The number of amides is 2. The molecule has 1 aromatic rings. The molecule has 122 valence electrons. The molecule has 1 N–H and O–H groups in total. The third kappa shape index (κ3) is 2.82. The zero-order valence-electron chi connectivity index (χ0n) is 12.4. The van der Waals surface area contributed by atoms with Crippen LogP contribution in [0.25, 0.3) is 0 Å². The number of nitrogens with zero attached hydrogens (tertiary/aromatic N) is 3. The summed E-state index contributed by atoms with van der Waals surface area (Å²) in [6, 6.07) is 1.58. The van der Waals surface area contributed by atoms with E-state index in [4.69, 9.17) is 4.74 Å². The predicted octanol–water partition coefficient (Wildman–Crippen LogP) is -0.519. The first-order valence-corrected chi connectivity index (χ1v) is 9.01. The van der Waals surface area contributed by atoms with Gasteiger partial charge in [-0.25, -0.2) is 13.2 Å². The van der Waals surface area contributed by atoms with Crippen molar-refractivity contribution in [2.75, 3.05) is 32.0 Å². The van der Waals surface area contributed by atoms with Crippen LogP contribution in [0.15, 0.2) is 18.5 Å². The second-order valence-electron chi connectivity index (χ2n) is 5.84. The number of carbonyl (C=O) groups excluding carboxylic acids is 1. The number of hydrogen-bond donors (Lipinski definition) is 1. The lowest BCUT2D eigenvalue weighted by molar-refractivity contribution is -0.118. The molecule has 3 rings (SSSR count). The molecule has 0 aromatic carbocycles. The lowest BCUT2D eigenvalue weighted by Crippen LogP contribution is -2.71. The summed E-state index contributed by atoms with van der Waals surface area (Å²) < 4.78 is 32.4. The Kier molecular flexibility index (Phi) is 3.85. The monoisotopic (exact) mass is 328 g/mol. The van der Waals surface area contributed by atoms with Crippen LogP contribution in [0.5, 0.6) is 0 Å². The minimum atomic E-state index is -3.27. The molecule has 2 amide bonds. The largest absolute Gasteiger partial charge is 0.369 e. The van der Waals surface area contributed by atoms with Crippen molar-refractivity contribution >= 4 is 15.9 Å². The molecule has 1 spiro atoms. The Morgan fingerprint density at radius 2 is 2.27 bits per heavy atom. The van der Waals surface area contributed by atoms with E-state index >= 15 is 0 Å². The Balaban J connectivity index is 1.61. The summed E-state index contributed by atoms with van der Waals surface area (Å²) in [7, 11) is -3.27. The number of ether oxygens (including phenoxy) is 1. The van der Waals surface area contributed by atoms with Crippen LogP contribution in [0.3, 0.4) is 0 Å². The topological polar surface area (TPSA) is 93.5 Å². The van der Waals surface area contributed by atoms with E-state index in [0.717, 1.165) is 0 Å². The molecule has 0 saturated carbocycles. The van der Waals surface area contributed by atoms with Gasteiger partial charge in [0.2, 0.25) is 0 Å². The van der Waals surface area contributed by atoms with E-state index in [0.29, 0.717) is 26.2 Å². The van der Waals surface area contributed by atoms with Crippen LogP contribution in [0.4, 0.5) is 4.79 Å². The van der Waals surface area contributed by atoms with Gasteiger partial charge in [0.25, 0.3) is 0 Å². The van der Waals surface area contributed by atoms with E-state index in [-0.39, 0.29) is 18.4 Å². The molecule has 2 fully saturated rings. The lowest BCUT2D eigenvalue weighted by Gasteiger charge is -2.51. The van der Waals surface area contributed by atoms with Gasteiger partial charge in [-0.1, -0.05) is 0 Å². The highest BCUT2D eigenvalue weighted by Crippen LogP contribution is 2.32. The van der Waals surface area contributed by atoms with E-state index in [1.807, 2.05) is 6.92 Å². The molecular weight excluding hydrogens is 308 g/mol. The van der Waals surface area contributed by atoms with Crippen LogP contribution in [0.2, 0.25) is 0 Å². The minimum absolute atomic E-state index is 0.0398. The smallest absolute Gasteiger partial charge is 0.317 e. The number of sulfone groups is 1. The highest BCUT2D eigenvalue weighted by atomic mass is 32.2. The Hall–Kier alpha value is -1.61. The van der Waals surface area contributed by atoms with Crippen LogP contribution in [0.1, 0.15) is 6.92 Å². The van der Waals surface area contributed by atoms with Crippen LogP contribution in [0, 0.1) is 0 Å². The fraction of sp³-hybridized carbons (Fsp3) is 0.692. The van der Waals surface area contributed by atoms with Crippen LogP contribution >= 0.6 is 0 Å². The number of nitrogens with one attached hydrogen (secondary N) is 1. The fourth-order valence-corrected chi connectivity index (χ4v) is 4.81. The molecular formula is C13H20N4O4S. The van der Waals surface area contributed by atoms with Gasteiger partial charge in [-0.15, -0.1) is 0 Å². The molecule has 0 unspecified atom stereocenters. The number of aromatic nitrogens is 2. The molecule has 22 heavy (non-hydrogen) atoms. The molecule has 2 aliphatic heterocycles. The van der Waals surface area contributed by atoms with Gasteiger partial charge in [0, 0.05) is 18.9 Å². The Labute approximate surface area is 129 Å². The zero-order chi connectivity index (χ0) is 15.8. The molecule has 1 aromatic heterocycles. The first-order valence-electron chi connectivity index (χ1n) is 7.30. The van der Waals surface area contributed by atoms with Crippen molar-refractivity contribution in [2.45, 2.75) is 24.3 Å². The summed E-state index contributed by atoms with van der Waals surface area (Å²) in [4.78, 5) is 13.3. The summed E-state index contributed by atoms with van der Waals surface area (Å²) in [5.74, 6) is -0.0398. The van der Waals surface area contributed by atoms with Gasteiger partial charge >= 0.3 is 6.03 Å². The first kappa shape index (κ1) is 15.3. The van der Waals surface area contributed by atoms with Gasteiger partial charge < -0.3 is 15.0 Å². The third-order valence-electron chi connectivity index (χ3n) is 4.07. The van der Waals surface area contributed by atoms with Gasteiger partial charge in [-0.05, 0) is 13.0 Å². The first-order chi connectivity index (χ1) is 10.4. The average Bonchev–Trinajstić information content (AvgIpc) is 2.91. The number of carbonyl (C=O) groups is 1. The van der Waals surface area contributed by atoms with E-state index < -0.39 is 20.7 Å². The number of hydrogen-bond acceptors (Lipinski definition) is 5. The van der Waals surface area contributed by atoms with E-state index in [2.05, 4.69) is 10.4 Å². The van der Waals surface area contributed by atoms with E-state index in [1.165, 1.54) is 0 Å². The normalized spacial score (nSPS) is 25.7. The van der Waals surface area contributed by atoms with Gasteiger partial charge in [-0.2, -0.15) is 5.10 Å². The second-order valence-corrected chi connectivity index (χ2v) is 8.12. The highest BCUT2D eigenvalue weighted by Gasteiger charge is 2.53. The molecule has 2 aliphatic rings.